The van der Waals surface area contributed by atoms with Gasteiger partial charge in [-0.1, -0.05) is 104 Å². The van der Waals surface area contributed by atoms with Gasteiger partial charge in [0, 0.05) is 17.0 Å². The highest BCUT2D eigenvalue weighted by Gasteiger charge is 2.29. The molecular weight excluding hydrogens is 470 g/mol. The fourth-order valence-corrected chi connectivity index (χ4v) is 4.56. The van der Waals surface area contributed by atoms with Gasteiger partial charge < -0.3 is 14.8 Å². The molecule has 1 amide bonds. The highest BCUT2D eigenvalue weighted by Crippen LogP contribution is 2.25. The number of nitrogens with one attached hydrogen (secondary N) is 1. The number of hydrogen-bond donors (Lipinski definition) is 1. The Morgan fingerprint density at radius 2 is 1.42 bits per heavy atom. The molecule has 1 aromatic carbocycles. The van der Waals surface area contributed by atoms with Gasteiger partial charge in [0.2, 0.25) is 5.91 Å². The average molecular weight is 524 g/mol. The molecular formula is C31H54ClNO3. The summed E-state index contributed by atoms with van der Waals surface area (Å²) >= 11 is 5.90. The minimum absolute atomic E-state index is 0.0286. The molecule has 0 radical (unpaired) electrons. The van der Waals surface area contributed by atoms with Crippen molar-refractivity contribution in [3.63, 3.8) is 0 Å². The fourth-order valence-electron chi connectivity index (χ4n) is 4.44. The van der Waals surface area contributed by atoms with Crippen molar-refractivity contribution in [2.75, 3.05) is 13.2 Å². The molecule has 0 aliphatic rings. The molecule has 2 atom stereocenters. The summed E-state index contributed by atoms with van der Waals surface area (Å²) in [6.45, 7) is 12.1. The van der Waals surface area contributed by atoms with Gasteiger partial charge in [-0.2, -0.15) is 0 Å². The summed E-state index contributed by atoms with van der Waals surface area (Å²) in [7, 11) is 0. The largest absolute Gasteiger partial charge is 0.494 e. The smallest absolute Gasteiger partial charge is 0.225 e. The van der Waals surface area contributed by atoms with Crippen LogP contribution < -0.4 is 10.1 Å². The topological polar surface area (TPSA) is 47.6 Å². The summed E-state index contributed by atoms with van der Waals surface area (Å²) in [5.74, 6) is 0.994. The number of unbranched alkanes of at least 4 members (excludes halogenated alkanes) is 10. The molecule has 4 nitrogen and oxygen atoms in total. The maximum Gasteiger partial charge on any atom is 0.225 e. The molecule has 0 saturated heterocycles. The monoisotopic (exact) mass is 523 g/mol. The lowest BCUT2D eigenvalue weighted by Crippen LogP contribution is -2.47. The minimum atomic E-state index is -0.371. The molecule has 0 aliphatic heterocycles. The lowest BCUT2D eigenvalue weighted by molar-refractivity contribution is -0.131. The van der Waals surface area contributed by atoms with Crippen molar-refractivity contribution in [1.82, 2.24) is 5.32 Å². The molecule has 0 heterocycles. The van der Waals surface area contributed by atoms with Crippen molar-refractivity contribution in [3.05, 3.63) is 29.3 Å². The molecule has 0 aliphatic carbocycles. The van der Waals surface area contributed by atoms with Gasteiger partial charge in [0.05, 0.1) is 18.8 Å². The van der Waals surface area contributed by atoms with E-state index < -0.39 is 0 Å². The number of halogens is 1. The van der Waals surface area contributed by atoms with E-state index in [1.165, 1.54) is 44.9 Å². The van der Waals surface area contributed by atoms with Gasteiger partial charge in [0.15, 0.2) is 0 Å². The number of amides is 1. The summed E-state index contributed by atoms with van der Waals surface area (Å²) in [6, 6.07) is 7.51. The van der Waals surface area contributed by atoms with Gasteiger partial charge in [-0.15, -0.1) is 0 Å². The third kappa shape index (κ3) is 15.1. The number of rotatable bonds is 22. The van der Waals surface area contributed by atoms with Crippen LogP contribution in [0.4, 0.5) is 0 Å². The molecule has 1 rings (SSSR count). The second kappa shape index (κ2) is 19.8. The van der Waals surface area contributed by atoms with Crippen molar-refractivity contribution in [2.45, 2.75) is 137 Å². The molecule has 5 heteroatoms. The number of benzene rings is 1. The van der Waals surface area contributed by atoms with Gasteiger partial charge in [-0.3, -0.25) is 4.79 Å². The summed E-state index contributed by atoms with van der Waals surface area (Å²) in [6.07, 6.45) is 16.6. The van der Waals surface area contributed by atoms with Crippen molar-refractivity contribution in [2.24, 2.45) is 5.41 Å². The molecule has 0 saturated carbocycles. The first-order chi connectivity index (χ1) is 17.3. The average Bonchev–Trinajstić information content (AvgIpc) is 2.85. The molecule has 1 aromatic rings. The van der Waals surface area contributed by atoms with E-state index in [-0.39, 0.29) is 23.5 Å². The normalized spacial score (nSPS) is 13.4. The zero-order valence-corrected chi connectivity index (χ0v) is 24.6. The lowest BCUT2D eigenvalue weighted by atomic mass is 9.85. The predicted octanol–water partition coefficient (Wildman–Crippen LogP) is 9.14. The Kier molecular flexibility index (Phi) is 18.0. The number of carbonyl (C=O) groups excluding carboxylic acids is 1. The third-order valence-corrected chi connectivity index (χ3v) is 7.29. The Hall–Kier alpha value is -1.26. The van der Waals surface area contributed by atoms with E-state index in [1.54, 1.807) is 0 Å². The maximum absolute atomic E-state index is 13.0. The summed E-state index contributed by atoms with van der Waals surface area (Å²) < 4.78 is 11.9. The van der Waals surface area contributed by atoms with Crippen LogP contribution in [-0.4, -0.2) is 31.3 Å². The Bertz CT molecular complexity index is 677. The number of ether oxygens (including phenoxy) is 2. The second-order valence-electron chi connectivity index (χ2n) is 10.9. The van der Waals surface area contributed by atoms with E-state index in [2.05, 4.69) is 39.9 Å². The van der Waals surface area contributed by atoms with Crippen molar-refractivity contribution >= 4 is 17.5 Å². The van der Waals surface area contributed by atoms with Crippen LogP contribution in [0, 0.1) is 5.41 Å². The van der Waals surface area contributed by atoms with Gasteiger partial charge in [0.1, 0.15) is 5.75 Å². The van der Waals surface area contributed by atoms with Gasteiger partial charge in [-0.25, -0.2) is 0 Å². The van der Waals surface area contributed by atoms with E-state index in [9.17, 15) is 4.79 Å². The minimum Gasteiger partial charge on any atom is -0.494 e. The van der Waals surface area contributed by atoms with Crippen molar-refractivity contribution in [3.8, 4) is 5.75 Å². The highest BCUT2D eigenvalue weighted by atomic mass is 35.5. The van der Waals surface area contributed by atoms with E-state index in [4.69, 9.17) is 21.1 Å². The molecule has 208 valence electrons. The molecule has 36 heavy (non-hydrogen) atoms. The quantitative estimate of drug-likeness (QED) is 0.154. The van der Waals surface area contributed by atoms with E-state index in [0.717, 1.165) is 62.3 Å². The standard InChI is InChI=1S/C31H54ClNO3/c1-6-8-9-10-11-12-14-18-25-36-29(7-2)26(3)33-30(34)31(4,5)23-16-13-15-17-24-35-28-21-19-27(32)20-22-28/h19-22,26,29H,6-18,23-25H2,1-5H3,(H,33,34). The Labute approximate surface area is 227 Å². The molecule has 2 unspecified atom stereocenters. The first-order valence-corrected chi connectivity index (χ1v) is 15.0. The zero-order chi connectivity index (χ0) is 26.7. The second-order valence-corrected chi connectivity index (χ2v) is 11.3. The summed E-state index contributed by atoms with van der Waals surface area (Å²) in [5, 5.41) is 3.96. The summed E-state index contributed by atoms with van der Waals surface area (Å²) in [5.41, 5.74) is -0.371. The van der Waals surface area contributed by atoms with Crippen LogP contribution in [0.5, 0.6) is 5.75 Å². The number of hydrogen-bond acceptors (Lipinski definition) is 3. The first-order valence-electron chi connectivity index (χ1n) is 14.6. The Morgan fingerprint density at radius 1 is 0.861 bits per heavy atom. The van der Waals surface area contributed by atoms with Crippen LogP contribution in [-0.2, 0) is 9.53 Å². The van der Waals surface area contributed by atoms with Crippen LogP contribution in [0.25, 0.3) is 0 Å². The van der Waals surface area contributed by atoms with Crippen LogP contribution in [0.15, 0.2) is 24.3 Å². The Morgan fingerprint density at radius 3 is 2.03 bits per heavy atom. The molecule has 1 N–H and O–H groups in total. The predicted molar refractivity (Wildman–Crippen MR) is 154 cm³/mol. The van der Waals surface area contributed by atoms with Crippen molar-refractivity contribution in [1.29, 1.82) is 0 Å². The molecule has 0 aromatic heterocycles. The lowest BCUT2D eigenvalue weighted by Gasteiger charge is -2.29. The molecule has 0 fully saturated rings. The summed E-state index contributed by atoms with van der Waals surface area (Å²) in [4.78, 5) is 13.0. The first kappa shape index (κ1) is 32.8. The molecule has 0 bridgehead atoms. The highest BCUT2D eigenvalue weighted by molar-refractivity contribution is 6.30. The Balaban J connectivity index is 2.16. The maximum atomic E-state index is 13.0. The fraction of sp³-hybridized carbons (Fsp3) is 0.774. The van der Waals surface area contributed by atoms with Crippen molar-refractivity contribution < 1.29 is 14.3 Å². The third-order valence-electron chi connectivity index (χ3n) is 7.04. The zero-order valence-electron chi connectivity index (χ0n) is 23.9. The SMILES string of the molecule is CCCCCCCCCCOC(CC)C(C)NC(=O)C(C)(C)CCCCCCOc1ccc(Cl)cc1. The van der Waals surface area contributed by atoms with E-state index >= 15 is 0 Å². The van der Waals surface area contributed by atoms with Crippen LogP contribution >= 0.6 is 11.6 Å². The van der Waals surface area contributed by atoms with Crippen LogP contribution in [0.3, 0.4) is 0 Å². The van der Waals surface area contributed by atoms with Gasteiger partial charge in [0.25, 0.3) is 0 Å². The van der Waals surface area contributed by atoms with Crippen LogP contribution in [0.1, 0.15) is 125 Å². The van der Waals surface area contributed by atoms with Crippen LogP contribution in [0.2, 0.25) is 5.02 Å². The van der Waals surface area contributed by atoms with E-state index in [1.807, 2.05) is 24.3 Å². The number of carbonyl (C=O) groups is 1. The van der Waals surface area contributed by atoms with E-state index in [0.29, 0.717) is 6.61 Å². The van der Waals surface area contributed by atoms with Gasteiger partial charge in [-0.05, 0) is 56.9 Å². The van der Waals surface area contributed by atoms with Gasteiger partial charge >= 0.3 is 0 Å². The molecule has 0 spiro atoms.